The highest BCUT2D eigenvalue weighted by molar-refractivity contribution is 6.35. The first-order valence-electron chi connectivity index (χ1n) is 11.6. The number of pyridine rings is 1. The third-order valence-electron chi connectivity index (χ3n) is 5.78. The third-order valence-corrected chi connectivity index (χ3v) is 5.78. The molecule has 0 bridgehead atoms. The van der Waals surface area contributed by atoms with E-state index in [1.54, 1.807) is 6.20 Å². The van der Waals surface area contributed by atoms with Crippen LogP contribution < -0.4 is 9.64 Å². The molecule has 1 aromatic heterocycles. The SMILES string of the molecule is CC(C)CN1C(=O)C(c2ccc(OC(C)C)cc2)=C(N2CCN(c3ccccn3)CC2)C1=O. The second kappa shape index (κ2) is 9.65. The number of anilines is 1. The number of ether oxygens (including phenoxy) is 1. The summed E-state index contributed by atoms with van der Waals surface area (Å²) >= 11 is 0. The Kier molecular flexibility index (Phi) is 6.67. The topological polar surface area (TPSA) is 66.0 Å². The van der Waals surface area contributed by atoms with E-state index in [1.807, 2.05) is 70.2 Å². The highest BCUT2D eigenvalue weighted by Gasteiger charge is 2.42. The molecule has 174 valence electrons. The first kappa shape index (κ1) is 22.8. The van der Waals surface area contributed by atoms with E-state index in [4.69, 9.17) is 4.74 Å². The van der Waals surface area contributed by atoms with Crippen LogP contribution in [0.15, 0.2) is 54.4 Å². The third kappa shape index (κ3) is 4.87. The van der Waals surface area contributed by atoms with Gasteiger partial charge in [-0.15, -0.1) is 0 Å². The van der Waals surface area contributed by atoms with E-state index in [0.29, 0.717) is 30.9 Å². The normalized spacial score (nSPS) is 17.1. The highest BCUT2D eigenvalue weighted by Crippen LogP contribution is 2.33. The summed E-state index contributed by atoms with van der Waals surface area (Å²) in [5.74, 6) is 1.46. The van der Waals surface area contributed by atoms with Gasteiger partial charge in [0.2, 0.25) is 0 Å². The molecule has 0 atom stereocenters. The maximum absolute atomic E-state index is 13.5. The lowest BCUT2D eigenvalue weighted by molar-refractivity contribution is -0.138. The predicted octanol–water partition coefficient (Wildman–Crippen LogP) is 3.43. The minimum absolute atomic E-state index is 0.0669. The Hall–Kier alpha value is -3.35. The maximum atomic E-state index is 13.5. The number of nitrogens with zero attached hydrogens (tertiary/aromatic N) is 4. The second-order valence-corrected chi connectivity index (χ2v) is 9.19. The molecule has 0 radical (unpaired) electrons. The van der Waals surface area contributed by atoms with Gasteiger partial charge in [-0.25, -0.2) is 4.98 Å². The van der Waals surface area contributed by atoms with Gasteiger partial charge in [0.15, 0.2) is 0 Å². The molecule has 4 rings (SSSR count). The maximum Gasteiger partial charge on any atom is 0.277 e. The molecule has 0 saturated carbocycles. The molecular formula is C26H32N4O3. The minimum atomic E-state index is -0.214. The molecule has 0 spiro atoms. The van der Waals surface area contributed by atoms with Crippen molar-refractivity contribution >= 4 is 23.2 Å². The summed E-state index contributed by atoms with van der Waals surface area (Å²) in [6.07, 6.45) is 1.86. The summed E-state index contributed by atoms with van der Waals surface area (Å²) in [5, 5.41) is 0. The molecule has 7 nitrogen and oxygen atoms in total. The number of amides is 2. The van der Waals surface area contributed by atoms with Gasteiger partial charge in [0.25, 0.3) is 11.8 Å². The number of imide groups is 1. The van der Waals surface area contributed by atoms with Crippen molar-refractivity contribution in [1.29, 1.82) is 0 Å². The molecule has 2 amide bonds. The van der Waals surface area contributed by atoms with Crippen molar-refractivity contribution in [3.05, 3.63) is 59.9 Å². The molecule has 1 fully saturated rings. The number of rotatable bonds is 7. The van der Waals surface area contributed by atoms with E-state index in [2.05, 4.69) is 14.8 Å². The summed E-state index contributed by atoms with van der Waals surface area (Å²) in [6.45, 7) is 11.2. The second-order valence-electron chi connectivity index (χ2n) is 9.19. The van der Waals surface area contributed by atoms with E-state index in [9.17, 15) is 9.59 Å². The molecule has 33 heavy (non-hydrogen) atoms. The first-order chi connectivity index (χ1) is 15.8. The molecule has 1 saturated heterocycles. The fourth-order valence-electron chi connectivity index (χ4n) is 4.32. The van der Waals surface area contributed by atoms with Crippen LogP contribution in [-0.2, 0) is 9.59 Å². The van der Waals surface area contributed by atoms with Gasteiger partial charge in [-0.1, -0.05) is 32.0 Å². The van der Waals surface area contributed by atoms with Crippen molar-refractivity contribution < 1.29 is 14.3 Å². The quantitative estimate of drug-likeness (QED) is 0.605. The summed E-state index contributed by atoms with van der Waals surface area (Å²) in [6, 6.07) is 13.4. The van der Waals surface area contributed by atoms with E-state index in [0.717, 1.165) is 30.2 Å². The zero-order chi connectivity index (χ0) is 23.5. The summed E-state index contributed by atoms with van der Waals surface area (Å²) in [5.41, 5.74) is 1.75. The van der Waals surface area contributed by atoms with Crippen molar-refractivity contribution in [3.8, 4) is 5.75 Å². The molecule has 2 aliphatic heterocycles. The lowest BCUT2D eigenvalue weighted by Crippen LogP contribution is -2.48. The van der Waals surface area contributed by atoms with Crippen LogP contribution in [0, 0.1) is 5.92 Å². The van der Waals surface area contributed by atoms with Crippen LogP contribution in [0.2, 0.25) is 0 Å². The lowest BCUT2D eigenvalue weighted by atomic mass is 10.0. The highest BCUT2D eigenvalue weighted by atomic mass is 16.5. The molecule has 7 heteroatoms. The summed E-state index contributed by atoms with van der Waals surface area (Å²) < 4.78 is 5.75. The van der Waals surface area contributed by atoms with Crippen LogP contribution in [0.4, 0.5) is 5.82 Å². The van der Waals surface area contributed by atoms with Gasteiger partial charge < -0.3 is 14.5 Å². The number of carbonyl (C=O) groups is 2. The van der Waals surface area contributed by atoms with Gasteiger partial charge in [-0.05, 0) is 49.6 Å². The average Bonchev–Trinajstić information content (AvgIpc) is 3.04. The van der Waals surface area contributed by atoms with Gasteiger partial charge in [0.05, 0.1) is 11.7 Å². The zero-order valence-corrected chi connectivity index (χ0v) is 19.8. The van der Waals surface area contributed by atoms with Crippen LogP contribution in [-0.4, -0.2) is 65.4 Å². The Bertz CT molecular complexity index is 1020. The largest absolute Gasteiger partial charge is 0.491 e. The number of benzene rings is 1. The van der Waals surface area contributed by atoms with Crippen molar-refractivity contribution in [3.63, 3.8) is 0 Å². The van der Waals surface area contributed by atoms with Crippen molar-refractivity contribution in [2.75, 3.05) is 37.6 Å². The van der Waals surface area contributed by atoms with Crippen LogP contribution in [0.25, 0.3) is 5.57 Å². The minimum Gasteiger partial charge on any atom is -0.491 e. The van der Waals surface area contributed by atoms with Gasteiger partial charge >= 0.3 is 0 Å². The molecule has 3 heterocycles. The van der Waals surface area contributed by atoms with Gasteiger partial charge in [-0.2, -0.15) is 0 Å². The molecule has 0 N–H and O–H groups in total. The van der Waals surface area contributed by atoms with Crippen LogP contribution in [0.3, 0.4) is 0 Å². The van der Waals surface area contributed by atoms with E-state index < -0.39 is 0 Å². The standard InChI is InChI=1S/C26H32N4O3/c1-18(2)17-30-25(31)23(20-8-10-21(11-9-20)33-19(3)4)24(26(30)32)29-15-13-28(14-16-29)22-7-5-6-12-27-22/h5-12,18-19H,13-17H2,1-4H3. The average molecular weight is 449 g/mol. The number of carbonyl (C=O) groups excluding carboxylic acids is 2. The summed E-state index contributed by atoms with van der Waals surface area (Å²) in [7, 11) is 0. The monoisotopic (exact) mass is 448 g/mol. The number of hydrogen-bond donors (Lipinski definition) is 0. The van der Waals surface area contributed by atoms with Crippen LogP contribution >= 0.6 is 0 Å². The van der Waals surface area contributed by atoms with Crippen LogP contribution in [0.5, 0.6) is 5.75 Å². The number of piperazine rings is 1. The van der Waals surface area contributed by atoms with Crippen molar-refractivity contribution in [1.82, 2.24) is 14.8 Å². The molecule has 2 aliphatic rings. The van der Waals surface area contributed by atoms with E-state index >= 15 is 0 Å². The Morgan fingerprint density at radius 2 is 1.55 bits per heavy atom. The van der Waals surface area contributed by atoms with Crippen LogP contribution in [0.1, 0.15) is 33.3 Å². The molecular weight excluding hydrogens is 416 g/mol. The first-order valence-corrected chi connectivity index (χ1v) is 11.6. The predicted molar refractivity (Wildman–Crippen MR) is 129 cm³/mol. The molecule has 1 aromatic carbocycles. The van der Waals surface area contributed by atoms with Crippen molar-refractivity contribution in [2.24, 2.45) is 5.92 Å². The fraction of sp³-hybridized carbons (Fsp3) is 0.423. The smallest absolute Gasteiger partial charge is 0.277 e. The molecule has 0 aliphatic carbocycles. The zero-order valence-electron chi connectivity index (χ0n) is 19.8. The van der Waals surface area contributed by atoms with E-state index in [-0.39, 0.29) is 23.8 Å². The Morgan fingerprint density at radius 1 is 0.879 bits per heavy atom. The summed E-state index contributed by atoms with van der Waals surface area (Å²) in [4.78, 5) is 37.0. The Morgan fingerprint density at radius 3 is 2.12 bits per heavy atom. The van der Waals surface area contributed by atoms with Gasteiger partial charge in [0.1, 0.15) is 17.3 Å². The van der Waals surface area contributed by atoms with Crippen molar-refractivity contribution in [2.45, 2.75) is 33.8 Å². The van der Waals surface area contributed by atoms with Gasteiger partial charge in [0, 0.05) is 38.9 Å². The van der Waals surface area contributed by atoms with Gasteiger partial charge in [-0.3, -0.25) is 14.5 Å². The number of hydrogen-bond acceptors (Lipinski definition) is 6. The Balaban J connectivity index is 1.63. The molecule has 2 aromatic rings. The fourth-order valence-corrected chi connectivity index (χ4v) is 4.32. The number of aromatic nitrogens is 1. The molecule has 0 unspecified atom stereocenters. The van der Waals surface area contributed by atoms with E-state index in [1.165, 1.54) is 4.90 Å². The Labute approximate surface area is 195 Å². The lowest BCUT2D eigenvalue weighted by Gasteiger charge is -2.37.